The number of halogens is 1. The van der Waals surface area contributed by atoms with E-state index < -0.39 is 6.29 Å². The number of amides is 1. The highest BCUT2D eigenvalue weighted by Crippen LogP contribution is 2.19. The van der Waals surface area contributed by atoms with Crippen molar-refractivity contribution >= 4 is 28.1 Å². The summed E-state index contributed by atoms with van der Waals surface area (Å²) in [6.45, 7) is 0.217. The van der Waals surface area contributed by atoms with Crippen LogP contribution in [0, 0.1) is 0 Å². The van der Waals surface area contributed by atoms with Gasteiger partial charge in [0.05, 0.1) is 12.8 Å². The van der Waals surface area contributed by atoms with Crippen LogP contribution in [0.15, 0.2) is 27.8 Å². The van der Waals surface area contributed by atoms with Gasteiger partial charge in [-0.25, -0.2) is 10.9 Å². The molecule has 1 atom stereocenters. The number of hydrazine groups is 1. The van der Waals surface area contributed by atoms with Crippen LogP contribution in [0.5, 0.6) is 5.75 Å². The van der Waals surface area contributed by atoms with E-state index in [0.717, 1.165) is 4.47 Å². The average Bonchev–Trinajstić information content (AvgIpc) is 2.34. The molecule has 96 valence electrons. The van der Waals surface area contributed by atoms with Crippen LogP contribution in [0.3, 0.4) is 0 Å². The summed E-state index contributed by atoms with van der Waals surface area (Å²) in [5.74, 6) is -0.00531. The highest BCUT2D eigenvalue weighted by Gasteiger charge is 2.15. The molecule has 1 heterocycles. The zero-order valence-corrected chi connectivity index (χ0v) is 10.9. The van der Waals surface area contributed by atoms with Crippen molar-refractivity contribution in [3.05, 3.63) is 28.2 Å². The number of phenols is 1. The molecule has 5 N–H and O–H groups in total. The maximum Gasteiger partial charge on any atom is 0.238 e. The number of carbonyl (C=O) groups is 1. The van der Waals surface area contributed by atoms with Crippen LogP contribution in [0.4, 0.5) is 0 Å². The van der Waals surface area contributed by atoms with E-state index in [2.05, 4.69) is 42.6 Å². The number of hydrogen-bond donors (Lipinski definition) is 5. The number of nitrogens with one attached hydrogen (secondary N) is 4. The summed E-state index contributed by atoms with van der Waals surface area (Å²) < 4.78 is 0.840. The Morgan fingerprint density at radius 2 is 2.39 bits per heavy atom. The van der Waals surface area contributed by atoms with Crippen LogP contribution in [-0.4, -0.2) is 30.1 Å². The second-order valence-corrected chi connectivity index (χ2v) is 4.50. The third kappa shape index (κ3) is 3.42. The standard InChI is InChI=1S/C10H12BrN5O2/c11-7-1-2-8(17)6(3-7)4-12-15-10-14-9(18)5-13-16-10/h1-4,10,13,15-17H,5H2,(H,14,18)/b12-4+. The molecule has 1 saturated heterocycles. The minimum Gasteiger partial charge on any atom is -0.507 e. The lowest BCUT2D eigenvalue weighted by atomic mass is 10.2. The van der Waals surface area contributed by atoms with Gasteiger partial charge >= 0.3 is 0 Å². The molecule has 0 bridgehead atoms. The van der Waals surface area contributed by atoms with Crippen molar-refractivity contribution < 1.29 is 9.90 Å². The minimum atomic E-state index is -0.489. The Balaban J connectivity index is 1.94. The number of benzene rings is 1. The van der Waals surface area contributed by atoms with Crippen LogP contribution in [0.1, 0.15) is 5.56 Å². The summed E-state index contributed by atoms with van der Waals surface area (Å²) in [6, 6.07) is 5.02. The molecule has 2 rings (SSSR count). The molecule has 0 aliphatic carbocycles. The van der Waals surface area contributed by atoms with Crippen molar-refractivity contribution in [1.82, 2.24) is 21.6 Å². The van der Waals surface area contributed by atoms with Crippen LogP contribution in [0.25, 0.3) is 0 Å². The lowest BCUT2D eigenvalue weighted by Crippen LogP contribution is -2.64. The fourth-order valence-corrected chi connectivity index (χ4v) is 1.73. The number of phenolic OH excluding ortho intramolecular Hbond substituents is 1. The molecule has 0 radical (unpaired) electrons. The van der Waals surface area contributed by atoms with E-state index in [9.17, 15) is 9.90 Å². The predicted molar refractivity (Wildman–Crippen MR) is 69.6 cm³/mol. The summed E-state index contributed by atoms with van der Waals surface area (Å²) in [5.41, 5.74) is 8.73. The normalized spacial score (nSPS) is 19.8. The quantitative estimate of drug-likeness (QED) is 0.386. The van der Waals surface area contributed by atoms with Gasteiger partial charge in [0.1, 0.15) is 5.75 Å². The Morgan fingerprint density at radius 3 is 3.17 bits per heavy atom. The molecule has 1 aromatic rings. The van der Waals surface area contributed by atoms with E-state index >= 15 is 0 Å². The lowest BCUT2D eigenvalue weighted by molar-refractivity contribution is -0.123. The van der Waals surface area contributed by atoms with Crippen molar-refractivity contribution in [2.45, 2.75) is 6.29 Å². The number of carbonyl (C=O) groups excluding carboxylic acids is 1. The molecule has 1 aromatic carbocycles. The molecule has 0 aromatic heterocycles. The highest BCUT2D eigenvalue weighted by atomic mass is 79.9. The zero-order valence-electron chi connectivity index (χ0n) is 9.27. The van der Waals surface area contributed by atoms with E-state index in [-0.39, 0.29) is 18.2 Å². The number of nitrogens with zero attached hydrogens (tertiary/aromatic N) is 1. The Morgan fingerprint density at radius 1 is 1.56 bits per heavy atom. The van der Waals surface area contributed by atoms with E-state index in [1.165, 1.54) is 6.21 Å². The van der Waals surface area contributed by atoms with Gasteiger partial charge in [0, 0.05) is 10.0 Å². The number of rotatable bonds is 3. The monoisotopic (exact) mass is 313 g/mol. The first-order valence-corrected chi connectivity index (χ1v) is 5.99. The fraction of sp³-hybridized carbons (Fsp3) is 0.200. The van der Waals surface area contributed by atoms with E-state index in [1.807, 2.05) is 0 Å². The highest BCUT2D eigenvalue weighted by molar-refractivity contribution is 9.10. The third-order valence-corrected chi connectivity index (χ3v) is 2.69. The van der Waals surface area contributed by atoms with Crippen LogP contribution < -0.4 is 21.6 Å². The molecular formula is C10H12BrN5O2. The largest absolute Gasteiger partial charge is 0.507 e. The Labute approximate surface area is 112 Å². The van der Waals surface area contributed by atoms with Gasteiger partial charge in [0.15, 0.2) is 6.29 Å². The van der Waals surface area contributed by atoms with Crippen LogP contribution in [0.2, 0.25) is 0 Å². The molecule has 1 amide bonds. The fourth-order valence-electron chi connectivity index (χ4n) is 1.36. The molecular weight excluding hydrogens is 302 g/mol. The lowest BCUT2D eigenvalue weighted by Gasteiger charge is -2.24. The molecule has 1 aliphatic rings. The van der Waals surface area contributed by atoms with Crippen molar-refractivity contribution in [3.63, 3.8) is 0 Å². The topological polar surface area (TPSA) is 97.8 Å². The Bertz CT molecular complexity index is 479. The van der Waals surface area contributed by atoms with E-state index in [4.69, 9.17) is 0 Å². The third-order valence-electron chi connectivity index (χ3n) is 2.20. The van der Waals surface area contributed by atoms with Crippen LogP contribution in [-0.2, 0) is 4.79 Å². The maximum atomic E-state index is 11.1. The average molecular weight is 314 g/mol. The molecule has 0 spiro atoms. The van der Waals surface area contributed by atoms with E-state index in [0.29, 0.717) is 5.56 Å². The number of hydrazone groups is 1. The Kier molecular flexibility index (Phi) is 4.13. The number of aromatic hydroxyl groups is 1. The first-order chi connectivity index (χ1) is 8.65. The van der Waals surface area contributed by atoms with Gasteiger partial charge in [0.25, 0.3) is 0 Å². The summed E-state index contributed by atoms with van der Waals surface area (Å²) in [6.07, 6.45) is 0.972. The summed E-state index contributed by atoms with van der Waals surface area (Å²) in [4.78, 5) is 11.1. The first-order valence-electron chi connectivity index (χ1n) is 5.20. The molecule has 0 saturated carbocycles. The van der Waals surface area contributed by atoms with Gasteiger partial charge in [-0.05, 0) is 18.2 Å². The molecule has 18 heavy (non-hydrogen) atoms. The molecule has 1 aliphatic heterocycles. The Hall–Kier alpha value is -1.64. The first kappa shape index (κ1) is 12.8. The summed E-state index contributed by atoms with van der Waals surface area (Å²) in [7, 11) is 0. The van der Waals surface area contributed by atoms with Crippen molar-refractivity contribution in [1.29, 1.82) is 0 Å². The SMILES string of the molecule is O=C1CNNC(N/N=C/c2cc(Br)ccc2O)N1. The van der Waals surface area contributed by atoms with Gasteiger partial charge in [-0.15, -0.1) is 0 Å². The maximum absolute atomic E-state index is 11.1. The second-order valence-electron chi connectivity index (χ2n) is 3.59. The molecule has 7 nitrogen and oxygen atoms in total. The summed E-state index contributed by atoms with van der Waals surface area (Å²) >= 11 is 3.30. The van der Waals surface area contributed by atoms with Gasteiger partial charge in [0.2, 0.25) is 5.91 Å². The van der Waals surface area contributed by atoms with Gasteiger partial charge < -0.3 is 10.4 Å². The van der Waals surface area contributed by atoms with E-state index in [1.54, 1.807) is 18.2 Å². The number of hydrogen-bond acceptors (Lipinski definition) is 6. The molecule has 1 fully saturated rings. The molecule has 8 heteroatoms. The zero-order chi connectivity index (χ0) is 13.0. The van der Waals surface area contributed by atoms with Crippen molar-refractivity contribution in [2.24, 2.45) is 5.10 Å². The van der Waals surface area contributed by atoms with Gasteiger partial charge in [-0.1, -0.05) is 15.9 Å². The summed E-state index contributed by atoms with van der Waals surface area (Å²) in [5, 5.41) is 16.1. The predicted octanol–water partition coefficient (Wildman–Crippen LogP) is -0.414. The second kappa shape index (κ2) is 5.80. The van der Waals surface area contributed by atoms with Crippen molar-refractivity contribution in [2.75, 3.05) is 6.54 Å². The minimum absolute atomic E-state index is 0.127. The smallest absolute Gasteiger partial charge is 0.238 e. The van der Waals surface area contributed by atoms with Crippen LogP contribution >= 0.6 is 15.9 Å². The van der Waals surface area contributed by atoms with Gasteiger partial charge in [-0.3, -0.25) is 10.2 Å². The van der Waals surface area contributed by atoms with Crippen molar-refractivity contribution in [3.8, 4) is 5.75 Å². The molecule has 1 unspecified atom stereocenters. The van der Waals surface area contributed by atoms with Gasteiger partial charge in [-0.2, -0.15) is 5.10 Å².